The van der Waals surface area contributed by atoms with Crippen molar-refractivity contribution in [1.82, 2.24) is 10.2 Å². The van der Waals surface area contributed by atoms with Crippen molar-refractivity contribution >= 4 is 40.1 Å². The third-order valence-corrected chi connectivity index (χ3v) is 4.63. The van der Waals surface area contributed by atoms with Gasteiger partial charge >= 0.3 is 0 Å². The lowest BCUT2D eigenvalue weighted by Gasteiger charge is -2.18. The molecule has 0 fully saturated rings. The molecule has 0 radical (unpaired) electrons. The first-order valence-corrected chi connectivity index (χ1v) is 9.22. The summed E-state index contributed by atoms with van der Waals surface area (Å²) in [5.41, 5.74) is 1.12. The van der Waals surface area contributed by atoms with E-state index >= 15 is 0 Å². The number of carbonyl (C=O) groups is 2. The molecule has 0 aliphatic heterocycles. The van der Waals surface area contributed by atoms with E-state index in [-0.39, 0.29) is 11.8 Å². The van der Waals surface area contributed by atoms with Gasteiger partial charge in [0.1, 0.15) is 5.75 Å². The van der Waals surface area contributed by atoms with Crippen LogP contribution in [0.5, 0.6) is 5.75 Å². The standard InChI is InChI=1S/C17H26IN3O3/c1-5-16(22)20-14-11-15(24-4)12(10-13(14)18)17(23)19-8-9-21(6-2)7-3/h10-11H,5-9H2,1-4H3,(H,19,23)(H,20,22). The third kappa shape index (κ3) is 5.94. The summed E-state index contributed by atoms with van der Waals surface area (Å²) in [6.07, 6.45) is 0.395. The average Bonchev–Trinajstić information content (AvgIpc) is 2.59. The highest BCUT2D eigenvalue weighted by Crippen LogP contribution is 2.28. The van der Waals surface area contributed by atoms with Gasteiger partial charge in [-0.25, -0.2) is 0 Å². The van der Waals surface area contributed by atoms with E-state index < -0.39 is 0 Å². The lowest BCUT2D eigenvalue weighted by Crippen LogP contribution is -2.35. The highest BCUT2D eigenvalue weighted by molar-refractivity contribution is 14.1. The maximum atomic E-state index is 12.4. The second-order valence-corrected chi connectivity index (χ2v) is 6.38. The third-order valence-electron chi connectivity index (χ3n) is 3.74. The fourth-order valence-corrected chi connectivity index (χ4v) is 2.80. The number of halogens is 1. The van der Waals surface area contributed by atoms with E-state index in [2.05, 4.69) is 52.0 Å². The minimum Gasteiger partial charge on any atom is -0.496 e. The molecule has 0 aliphatic carbocycles. The van der Waals surface area contributed by atoms with E-state index in [4.69, 9.17) is 4.74 Å². The Bertz CT molecular complexity index is 574. The van der Waals surface area contributed by atoms with Crippen LogP contribution in [0.25, 0.3) is 0 Å². The van der Waals surface area contributed by atoms with Crippen LogP contribution in [0.15, 0.2) is 12.1 Å². The van der Waals surface area contributed by atoms with Crippen LogP contribution < -0.4 is 15.4 Å². The molecule has 1 aromatic carbocycles. The first-order valence-electron chi connectivity index (χ1n) is 8.14. The van der Waals surface area contributed by atoms with Gasteiger partial charge in [0.25, 0.3) is 5.91 Å². The van der Waals surface area contributed by atoms with Gasteiger partial charge in [-0.15, -0.1) is 0 Å². The lowest BCUT2D eigenvalue weighted by atomic mass is 10.1. The monoisotopic (exact) mass is 447 g/mol. The molecule has 0 aliphatic rings. The maximum Gasteiger partial charge on any atom is 0.255 e. The molecule has 0 saturated heterocycles. The summed E-state index contributed by atoms with van der Waals surface area (Å²) in [6, 6.07) is 3.42. The van der Waals surface area contributed by atoms with E-state index in [9.17, 15) is 9.59 Å². The van der Waals surface area contributed by atoms with E-state index in [1.807, 2.05) is 0 Å². The molecule has 1 rings (SSSR count). The van der Waals surface area contributed by atoms with E-state index in [1.165, 1.54) is 7.11 Å². The second-order valence-electron chi connectivity index (χ2n) is 5.22. The summed E-state index contributed by atoms with van der Waals surface area (Å²) in [6.45, 7) is 9.29. The predicted octanol–water partition coefficient (Wildman–Crippen LogP) is 2.72. The molecule has 134 valence electrons. The smallest absolute Gasteiger partial charge is 0.255 e. The van der Waals surface area contributed by atoms with Gasteiger partial charge in [-0.3, -0.25) is 9.59 Å². The number of nitrogens with one attached hydrogen (secondary N) is 2. The molecule has 0 saturated carbocycles. The molecule has 2 N–H and O–H groups in total. The van der Waals surface area contributed by atoms with E-state index in [0.29, 0.717) is 30.0 Å². The summed E-state index contributed by atoms with van der Waals surface area (Å²) in [5, 5.41) is 5.73. The first kappa shape index (κ1) is 20.7. The maximum absolute atomic E-state index is 12.4. The molecule has 24 heavy (non-hydrogen) atoms. The first-order chi connectivity index (χ1) is 11.5. The average molecular weight is 447 g/mol. The predicted molar refractivity (Wildman–Crippen MR) is 105 cm³/mol. The fourth-order valence-electron chi connectivity index (χ4n) is 2.20. The van der Waals surface area contributed by atoms with Gasteiger partial charge in [0.05, 0.1) is 18.4 Å². The minimum atomic E-state index is -0.176. The number of ether oxygens (including phenoxy) is 1. The van der Waals surface area contributed by atoms with Crippen LogP contribution in [0.1, 0.15) is 37.6 Å². The van der Waals surface area contributed by atoms with Gasteiger partial charge in [0.15, 0.2) is 0 Å². The number of carbonyl (C=O) groups excluding carboxylic acids is 2. The van der Waals surface area contributed by atoms with Crippen molar-refractivity contribution in [3.8, 4) is 5.75 Å². The second kappa shape index (κ2) is 10.5. The Balaban J connectivity index is 2.84. The Morgan fingerprint density at radius 1 is 1.21 bits per heavy atom. The van der Waals surface area contributed by atoms with Gasteiger partial charge in [0.2, 0.25) is 5.91 Å². The normalized spacial score (nSPS) is 10.6. The molecule has 6 nitrogen and oxygen atoms in total. The van der Waals surface area contributed by atoms with Crippen LogP contribution in [-0.4, -0.2) is 50.0 Å². The van der Waals surface area contributed by atoms with Gasteiger partial charge in [0, 0.05) is 29.1 Å². The van der Waals surface area contributed by atoms with Crippen molar-refractivity contribution < 1.29 is 14.3 Å². The molecule has 0 bridgehead atoms. The highest BCUT2D eigenvalue weighted by Gasteiger charge is 2.16. The van der Waals surface area contributed by atoms with E-state index in [0.717, 1.165) is 23.2 Å². The molecular weight excluding hydrogens is 421 g/mol. The fraction of sp³-hybridized carbons (Fsp3) is 0.529. The molecule has 0 spiro atoms. The number of rotatable bonds is 9. The number of anilines is 1. The Hall–Kier alpha value is -1.35. The Kier molecular flexibility index (Phi) is 9.05. The van der Waals surface area contributed by atoms with Crippen molar-refractivity contribution in [3.05, 3.63) is 21.3 Å². The molecule has 0 heterocycles. The summed E-state index contributed by atoms with van der Waals surface area (Å²) in [5.74, 6) is 0.193. The molecule has 0 unspecified atom stereocenters. The van der Waals surface area contributed by atoms with Crippen LogP contribution in [-0.2, 0) is 4.79 Å². The van der Waals surface area contributed by atoms with Crippen LogP contribution in [0, 0.1) is 3.57 Å². The number of hydrogen-bond donors (Lipinski definition) is 2. The van der Waals surface area contributed by atoms with Crippen molar-refractivity contribution in [2.75, 3.05) is 38.6 Å². The van der Waals surface area contributed by atoms with Crippen LogP contribution >= 0.6 is 22.6 Å². The molecule has 0 atom stereocenters. The number of benzene rings is 1. The van der Waals surface area contributed by atoms with Crippen LogP contribution in [0.2, 0.25) is 0 Å². The topological polar surface area (TPSA) is 70.7 Å². The summed E-state index contributed by atoms with van der Waals surface area (Å²) in [7, 11) is 1.51. The van der Waals surface area contributed by atoms with Crippen LogP contribution in [0.3, 0.4) is 0 Å². The van der Waals surface area contributed by atoms with Crippen molar-refractivity contribution in [3.63, 3.8) is 0 Å². The summed E-state index contributed by atoms with van der Waals surface area (Å²) in [4.78, 5) is 26.2. The van der Waals surface area contributed by atoms with Crippen molar-refractivity contribution in [2.24, 2.45) is 0 Å². The van der Waals surface area contributed by atoms with Gasteiger partial charge < -0.3 is 20.3 Å². The van der Waals surface area contributed by atoms with Crippen molar-refractivity contribution in [2.45, 2.75) is 27.2 Å². The molecular formula is C17H26IN3O3. The molecule has 0 aromatic heterocycles. The molecule has 2 amide bonds. The van der Waals surface area contributed by atoms with Gasteiger partial charge in [-0.05, 0) is 41.7 Å². The minimum absolute atomic E-state index is 0.0774. The largest absolute Gasteiger partial charge is 0.496 e. The van der Waals surface area contributed by atoms with Gasteiger partial charge in [-0.1, -0.05) is 20.8 Å². The Morgan fingerprint density at radius 2 is 1.88 bits per heavy atom. The number of hydrogen-bond acceptors (Lipinski definition) is 4. The number of nitrogens with zero attached hydrogens (tertiary/aromatic N) is 1. The zero-order valence-electron chi connectivity index (χ0n) is 14.7. The zero-order chi connectivity index (χ0) is 18.1. The Labute approximate surface area is 157 Å². The Morgan fingerprint density at radius 3 is 2.42 bits per heavy atom. The number of amides is 2. The molecule has 1 aromatic rings. The SMILES string of the molecule is CCC(=O)Nc1cc(OC)c(C(=O)NCCN(CC)CC)cc1I. The summed E-state index contributed by atoms with van der Waals surface area (Å²) < 4.78 is 6.12. The number of methoxy groups -OCH3 is 1. The summed E-state index contributed by atoms with van der Waals surface area (Å²) >= 11 is 2.10. The molecule has 7 heteroatoms. The quantitative estimate of drug-likeness (QED) is 0.572. The zero-order valence-corrected chi connectivity index (χ0v) is 16.9. The number of likely N-dealkylation sites (N-methyl/N-ethyl adjacent to an activating group) is 1. The van der Waals surface area contributed by atoms with Gasteiger partial charge in [-0.2, -0.15) is 0 Å². The van der Waals surface area contributed by atoms with Crippen LogP contribution in [0.4, 0.5) is 5.69 Å². The van der Waals surface area contributed by atoms with E-state index in [1.54, 1.807) is 19.1 Å². The lowest BCUT2D eigenvalue weighted by molar-refractivity contribution is -0.115. The van der Waals surface area contributed by atoms with Crippen molar-refractivity contribution in [1.29, 1.82) is 0 Å². The highest BCUT2D eigenvalue weighted by atomic mass is 127.